The van der Waals surface area contributed by atoms with E-state index in [1.807, 2.05) is 29.1 Å². The molecule has 1 N–H and O–H groups in total. The van der Waals surface area contributed by atoms with Gasteiger partial charge in [0.2, 0.25) is 0 Å². The fourth-order valence-corrected chi connectivity index (χ4v) is 2.60. The summed E-state index contributed by atoms with van der Waals surface area (Å²) in [7, 11) is 1.94. The first kappa shape index (κ1) is 8.97. The molecular weight excluding hydrogens is 208 g/mol. The van der Waals surface area contributed by atoms with Gasteiger partial charge in [-0.25, -0.2) is 0 Å². The molecule has 1 amide bonds. The van der Waals surface area contributed by atoms with Crippen LogP contribution in [-0.4, -0.2) is 16.5 Å². The summed E-state index contributed by atoms with van der Waals surface area (Å²) in [6.45, 7) is 0. The Hall–Kier alpha value is -1.29. The Bertz CT molecular complexity index is 522. The van der Waals surface area contributed by atoms with E-state index in [9.17, 15) is 4.79 Å². The standard InChI is InChI=1S/C11H12N2OS/c1-13-8-4-5-15-10(8)6-9(13)11(14)12-7-2-3-7/h4-7H,2-3H2,1H3,(H,12,14). The van der Waals surface area contributed by atoms with Crippen molar-refractivity contribution in [1.82, 2.24) is 9.88 Å². The van der Waals surface area contributed by atoms with Gasteiger partial charge in [-0.15, -0.1) is 11.3 Å². The molecule has 0 radical (unpaired) electrons. The molecule has 1 aliphatic rings. The van der Waals surface area contributed by atoms with Crippen LogP contribution in [0.25, 0.3) is 10.2 Å². The largest absolute Gasteiger partial charge is 0.348 e. The molecule has 0 atom stereocenters. The van der Waals surface area contributed by atoms with Crippen LogP contribution in [0.15, 0.2) is 17.5 Å². The number of carbonyl (C=O) groups excluding carboxylic acids is 1. The van der Waals surface area contributed by atoms with Gasteiger partial charge in [0.1, 0.15) is 5.69 Å². The van der Waals surface area contributed by atoms with Crippen molar-refractivity contribution in [3.05, 3.63) is 23.2 Å². The molecule has 0 spiro atoms. The highest BCUT2D eigenvalue weighted by molar-refractivity contribution is 7.17. The van der Waals surface area contributed by atoms with Gasteiger partial charge in [-0.05, 0) is 30.4 Å². The number of thiophene rings is 1. The van der Waals surface area contributed by atoms with E-state index in [1.54, 1.807) is 11.3 Å². The number of hydrogen-bond donors (Lipinski definition) is 1. The molecule has 78 valence electrons. The molecule has 2 heterocycles. The average molecular weight is 220 g/mol. The number of aryl methyl sites for hydroxylation is 1. The Balaban J connectivity index is 1.98. The molecule has 3 rings (SSSR count). The average Bonchev–Trinajstić information content (AvgIpc) is 2.80. The lowest BCUT2D eigenvalue weighted by atomic mass is 10.4. The Labute approximate surface area is 91.7 Å². The number of amides is 1. The van der Waals surface area contributed by atoms with Crippen molar-refractivity contribution in [3.8, 4) is 0 Å². The Morgan fingerprint density at radius 3 is 3.07 bits per heavy atom. The first-order valence-electron chi connectivity index (χ1n) is 5.09. The van der Waals surface area contributed by atoms with Crippen molar-refractivity contribution < 1.29 is 4.79 Å². The summed E-state index contributed by atoms with van der Waals surface area (Å²) in [6.07, 6.45) is 2.26. The van der Waals surface area contributed by atoms with Gasteiger partial charge >= 0.3 is 0 Å². The maximum atomic E-state index is 11.9. The zero-order valence-corrected chi connectivity index (χ0v) is 9.30. The number of aromatic nitrogens is 1. The second-order valence-electron chi connectivity index (χ2n) is 4.01. The predicted molar refractivity (Wildman–Crippen MR) is 61.3 cm³/mol. The Morgan fingerprint density at radius 1 is 1.60 bits per heavy atom. The van der Waals surface area contributed by atoms with Gasteiger partial charge in [-0.3, -0.25) is 4.79 Å². The van der Waals surface area contributed by atoms with Crippen molar-refractivity contribution in [2.45, 2.75) is 18.9 Å². The van der Waals surface area contributed by atoms with E-state index < -0.39 is 0 Å². The Morgan fingerprint density at radius 2 is 2.40 bits per heavy atom. The van der Waals surface area contributed by atoms with Crippen LogP contribution >= 0.6 is 11.3 Å². The summed E-state index contributed by atoms with van der Waals surface area (Å²) in [5.41, 5.74) is 1.91. The smallest absolute Gasteiger partial charge is 0.268 e. The molecule has 0 aromatic carbocycles. The molecule has 0 saturated heterocycles. The predicted octanol–water partition coefficient (Wildman–Crippen LogP) is 2.13. The maximum Gasteiger partial charge on any atom is 0.268 e. The first-order chi connectivity index (χ1) is 7.25. The third-order valence-corrected chi connectivity index (χ3v) is 3.66. The van der Waals surface area contributed by atoms with Gasteiger partial charge in [-0.1, -0.05) is 0 Å². The van der Waals surface area contributed by atoms with E-state index in [0.717, 1.165) is 24.1 Å². The van der Waals surface area contributed by atoms with Crippen molar-refractivity contribution in [2.24, 2.45) is 7.05 Å². The van der Waals surface area contributed by atoms with Crippen LogP contribution in [0.4, 0.5) is 0 Å². The van der Waals surface area contributed by atoms with Gasteiger partial charge in [0.15, 0.2) is 0 Å². The van der Waals surface area contributed by atoms with Gasteiger partial charge < -0.3 is 9.88 Å². The minimum absolute atomic E-state index is 0.0587. The highest BCUT2D eigenvalue weighted by atomic mass is 32.1. The molecule has 4 heteroatoms. The summed E-state index contributed by atoms with van der Waals surface area (Å²) < 4.78 is 3.14. The number of hydrogen-bond acceptors (Lipinski definition) is 2. The van der Waals surface area contributed by atoms with Crippen molar-refractivity contribution in [3.63, 3.8) is 0 Å². The highest BCUT2D eigenvalue weighted by Gasteiger charge is 2.25. The van der Waals surface area contributed by atoms with E-state index in [4.69, 9.17) is 0 Å². The minimum Gasteiger partial charge on any atom is -0.348 e. The quantitative estimate of drug-likeness (QED) is 0.826. The van der Waals surface area contributed by atoms with Crippen molar-refractivity contribution in [1.29, 1.82) is 0 Å². The van der Waals surface area contributed by atoms with Crippen LogP contribution in [0.1, 0.15) is 23.3 Å². The van der Waals surface area contributed by atoms with Gasteiger partial charge in [0.25, 0.3) is 5.91 Å². The van der Waals surface area contributed by atoms with E-state index in [2.05, 4.69) is 5.32 Å². The van der Waals surface area contributed by atoms with Crippen molar-refractivity contribution in [2.75, 3.05) is 0 Å². The first-order valence-corrected chi connectivity index (χ1v) is 5.97. The molecule has 2 aromatic rings. The molecule has 0 unspecified atom stereocenters. The van der Waals surface area contributed by atoms with Gasteiger partial charge in [0, 0.05) is 13.1 Å². The summed E-state index contributed by atoms with van der Waals surface area (Å²) >= 11 is 1.67. The molecule has 2 aromatic heterocycles. The molecule has 1 aliphatic carbocycles. The number of fused-ring (bicyclic) bond motifs is 1. The third-order valence-electron chi connectivity index (χ3n) is 2.81. The molecule has 15 heavy (non-hydrogen) atoms. The highest BCUT2D eigenvalue weighted by Crippen LogP contribution is 2.25. The molecule has 0 bridgehead atoms. The van der Waals surface area contributed by atoms with E-state index in [0.29, 0.717) is 6.04 Å². The second-order valence-corrected chi connectivity index (χ2v) is 4.95. The molecule has 0 aliphatic heterocycles. The second kappa shape index (κ2) is 3.10. The number of nitrogens with zero attached hydrogens (tertiary/aromatic N) is 1. The van der Waals surface area contributed by atoms with Crippen LogP contribution in [-0.2, 0) is 7.05 Å². The lowest BCUT2D eigenvalue weighted by molar-refractivity contribution is 0.0943. The van der Waals surface area contributed by atoms with E-state index in [1.165, 1.54) is 4.70 Å². The van der Waals surface area contributed by atoms with E-state index in [-0.39, 0.29) is 5.91 Å². The molecule has 1 saturated carbocycles. The monoisotopic (exact) mass is 220 g/mol. The summed E-state index contributed by atoms with van der Waals surface area (Å²) in [5.74, 6) is 0.0587. The SMILES string of the molecule is Cn1c(C(=O)NC2CC2)cc2sccc21. The fraction of sp³-hybridized carbons (Fsp3) is 0.364. The lowest BCUT2D eigenvalue weighted by Crippen LogP contribution is -2.27. The van der Waals surface area contributed by atoms with Crippen molar-refractivity contribution >= 4 is 27.5 Å². The molecule has 1 fully saturated rings. The molecule has 3 nitrogen and oxygen atoms in total. The zero-order valence-electron chi connectivity index (χ0n) is 8.49. The summed E-state index contributed by atoms with van der Waals surface area (Å²) in [4.78, 5) is 11.9. The van der Waals surface area contributed by atoms with Crippen LogP contribution in [0.5, 0.6) is 0 Å². The van der Waals surface area contributed by atoms with Gasteiger partial charge in [0.05, 0.1) is 10.2 Å². The molecular formula is C11H12N2OS. The minimum atomic E-state index is 0.0587. The van der Waals surface area contributed by atoms with Gasteiger partial charge in [-0.2, -0.15) is 0 Å². The Kier molecular flexibility index (Phi) is 1.85. The summed E-state index contributed by atoms with van der Waals surface area (Å²) in [6, 6.07) is 4.44. The van der Waals surface area contributed by atoms with Crippen LogP contribution in [0.3, 0.4) is 0 Å². The lowest BCUT2D eigenvalue weighted by Gasteiger charge is -2.04. The normalized spacial score (nSPS) is 15.8. The van der Waals surface area contributed by atoms with Crippen LogP contribution < -0.4 is 5.32 Å². The maximum absolute atomic E-state index is 11.9. The number of rotatable bonds is 2. The number of carbonyl (C=O) groups is 1. The van der Waals surface area contributed by atoms with E-state index >= 15 is 0 Å². The van der Waals surface area contributed by atoms with Crippen LogP contribution in [0.2, 0.25) is 0 Å². The number of nitrogens with one attached hydrogen (secondary N) is 1. The van der Waals surface area contributed by atoms with Crippen LogP contribution in [0, 0.1) is 0 Å². The topological polar surface area (TPSA) is 34.0 Å². The summed E-state index contributed by atoms with van der Waals surface area (Å²) in [5, 5.41) is 5.06. The zero-order chi connectivity index (χ0) is 10.4. The third kappa shape index (κ3) is 1.45. The fourth-order valence-electron chi connectivity index (χ4n) is 1.75.